The molecule has 1 atom stereocenters. The summed E-state index contributed by atoms with van der Waals surface area (Å²) in [6.45, 7) is 0.0486. The number of nitriles is 1. The van der Waals surface area contributed by atoms with Crippen LogP contribution >= 0.6 is 0 Å². The monoisotopic (exact) mass is 280 g/mol. The zero-order valence-corrected chi connectivity index (χ0v) is 11.2. The third-order valence-electron chi connectivity index (χ3n) is 3.17. The first kappa shape index (κ1) is 14.0. The largest absolute Gasteiger partial charge is 0.391 e. The standard InChI is InChI=1S/C13H16N2O3S/c14-8-7-10-1-5-12(6-2-10)19(17,18)15-9-13(16)11-3-4-11/h1-2,5-6,11,13,15-16H,3-4,7,9H2. The predicted octanol–water partition coefficient (Wildman–Crippen LogP) is 0.802. The topological polar surface area (TPSA) is 90.2 Å². The first-order chi connectivity index (χ1) is 9.03. The molecule has 1 aliphatic carbocycles. The maximum absolute atomic E-state index is 12.0. The van der Waals surface area contributed by atoms with Crippen LogP contribution in [-0.4, -0.2) is 26.2 Å². The molecule has 102 valence electrons. The van der Waals surface area contributed by atoms with Crippen molar-refractivity contribution >= 4 is 10.0 Å². The Morgan fingerprint density at radius 1 is 1.37 bits per heavy atom. The summed E-state index contributed by atoms with van der Waals surface area (Å²) >= 11 is 0. The van der Waals surface area contributed by atoms with Gasteiger partial charge in [0, 0.05) is 6.54 Å². The number of aliphatic hydroxyl groups is 1. The zero-order chi connectivity index (χ0) is 13.9. The van der Waals surface area contributed by atoms with Crippen molar-refractivity contribution in [2.24, 2.45) is 5.92 Å². The second kappa shape index (κ2) is 5.70. The SMILES string of the molecule is N#CCc1ccc(S(=O)(=O)NCC(O)C2CC2)cc1. The van der Waals surface area contributed by atoms with Crippen LogP contribution < -0.4 is 4.72 Å². The molecule has 0 amide bonds. The van der Waals surface area contributed by atoms with Crippen molar-refractivity contribution in [3.8, 4) is 6.07 Å². The lowest BCUT2D eigenvalue weighted by Gasteiger charge is -2.11. The van der Waals surface area contributed by atoms with Crippen molar-refractivity contribution in [2.45, 2.75) is 30.3 Å². The number of sulfonamides is 1. The van der Waals surface area contributed by atoms with Gasteiger partial charge in [0.1, 0.15) is 0 Å². The highest BCUT2D eigenvalue weighted by Crippen LogP contribution is 2.32. The molecule has 1 aromatic carbocycles. The molecule has 2 N–H and O–H groups in total. The van der Waals surface area contributed by atoms with E-state index in [1.807, 2.05) is 6.07 Å². The molecule has 1 unspecified atom stereocenters. The van der Waals surface area contributed by atoms with Gasteiger partial charge < -0.3 is 5.11 Å². The van der Waals surface area contributed by atoms with E-state index in [-0.39, 0.29) is 23.8 Å². The molecular formula is C13H16N2O3S. The highest BCUT2D eigenvalue weighted by Gasteiger charge is 2.30. The molecule has 1 aliphatic rings. The Bertz CT molecular complexity index is 571. The van der Waals surface area contributed by atoms with Crippen molar-refractivity contribution in [1.29, 1.82) is 5.26 Å². The Balaban J connectivity index is 2.00. The average Bonchev–Trinajstić information content (AvgIpc) is 3.21. The van der Waals surface area contributed by atoms with Crippen LogP contribution in [0.4, 0.5) is 0 Å². The maximum atomic E-state index is 12.0. The van der Waals surface area contributed by atoms with E-state index in [9.17, 15) is 13.5 Å². The summed E-state index contributed by atoms with van der Waals surface area (Å²) in [5, 5.41) is 18.2. The Kier molecular flexibility index (Phi) is 4.20. The molecule has 1 aromatic rings. The Morgan fingerprint density at radius 2 is 2.00 bits per heavy atom. The van der Waals surface area contributed by atoms with Crippen molar-refractivity contribution < 1.29 is 13.5 Å². The molecule has 0 aliphatic heterocycles. The molecule has 1 fully saturated rings. The molecule has 0 spiro atoms. The quantitative estimate of drug-likeness (QED) is 0.806. The molecule has 0 aromatic heterocycles. The van der Waals surface area contributed by atoms with E-state index in [4.69, 9.17) is 5.26 Å². The van der Waals surface area contributed by atoms with Crippen molar-refractivity contribution in [1.82, 2.24) is 4.72 Å². The number of rotatable bonds is 6. The van der Waals surface area contributed by atoms with Crippen LogP contribution in [0.2, 0.25) is 0 Å². The first-order valence-electron chi connectivity index (χ1n) is 6.16. The molecule has 5 nitrogen and oxygen atoms in total. The second-order valence-electron chi connectivity index (χ2n) is 4.74. The number of nitrogens with one attached hydrogen (secondary N) is 1. The number of hydrogen-bond acceptors (Lipinski definition) is 4. The summed E-state index contributed by atoms with van der Waals surface area (Å²) in [6, 6.07) is 8.19. The fraction of sp³-hybridized carbons (Fsp3) is 0.462. The first-order valence-corrected chi connectivity index (χ1v) is 7.65. The average molecular weight is 280 g/mol. The molecule has 0 bridgehead atoms. The van der Waals surface area contributed by atoms with E-state index in [0.717, 1.165) is 18.4 Å². The van der Waals surface area contributed by atoms with E-state index in [0.29, 0.717) is 0 Å². The van der Waals surface area contributed by atoms with Gasteiger partial charge in [-0.15, -0.1) is 0 Å². The summed E-state index contributed by atoms with van der Waals surface area (Å²) in [6.07, 6.45) is 1.58. The highest BCUT2D eigenvalue weighted by molar-refractivity contribution is 7.89. The van der Waals surface area contributed by atoms with Gasteiger partial charge in [0.15, 0.2) is 0 Å². The van der Waals surface area contributed by atoms with Crippen molar-refractivity contribution in [3.63, 3.8) is 0 Å². The molecule has 1 saturated carbocycles. The third kappa shape index (κ3) is 3.77. The van der Waals surface area contributed by atoms with Crippen LogP contribution in [0.3, 0.4) is 0 Å². The lowest BCUT2D eigenvalue weighted by atomic mass is 10.2. The molecule has 0 saturated heterocycles. The number of nitrogens with zero attached hydrogens (tertiary/aromatic N) is 1. The third-order valence-corrected chi connectivity index (χ3v) is 4.60. The van der Waals surface area contributed by atoms with Gasteiger partial charge in [-0.3, -0.25) is 0 Å². The van der Waals surface area contributed by atoms with Crippen LogP contribution in [-0.2, 0) is 16.4 Å². The van der Waals surface area contributed by atoms with Gasteiger partial charge in [0.2, 0.25) is 10.0 Å². The maximum Gasteiger partial charge on any atom is 0.240 e. The fourth-order valence-electron chi connectivity index (χ4n) is 1.80. The normalized spacial score (nSPS) is 16.8. The van der Waals surface area contributed by atoms with Gasteiger partial charge in [-0.05, 0) is 36.5 Å². The van der Waals surface area contributed by atoms with Gasteiger partial charge >= 0.3 is 0 Å². The lowest BCUT2D eigenvalue weighted by molar-refractivity contribution is 0.155. The van der Waals surface area contributed by atoms with Gasteiger partial charge in [-0.1, -0.05) is 12.1 Å². The highest BCUT2D eigenvalue weighted by atomic mass is 32.2. The summed E-state index contributed by atoms with van der Waals surface area (Å²) < 4.78 is 26.3. The van der Waals surface area contributed by atoms with Crippen molar-refractivity contribution in [3.05, 3.63) is 29.8 Å². The van der Waals surface area contributed by atoms with E-state index in [2.05, 4.69) is 4.72 Å². The van der Waals surface area contributed by atoms with Gasteiger partial charge in [0.25, 0.3) is 0 Å². The molecule has 6 heteroatoms. The van der Waals surface area contributed by atoms with E-state index < -0.39 is 16.1 Å². The fourth-order valence-corrected chi connectivity index (χ4v) is 2.86. The number of benzene rings is 1. The van der Waals surface area contributed by atoms with Crippen LogP contribution in [0.25, 0.3) is 0 Å². The van der Waals surface area contributed by atoms with Crippen LogP contribution in [0, 0.1) is 17.2 Å². The van der Waals surface area contributed by atoms with E-state index >= 15 is 0 Å². The summed E-state index contributed by atoms with van der Waals surface area (Å²) in [5.41, 5.74) is 0.777. The van der Waals surface area contributed by atoms with E-state index in [1.165, 1.54) is 12.1 Å². The van der Waals surface area contributed by atoms with Gasteiger partial charge in [-0.2, -0.15) is 5.26 Å². The molecule has 19 heavy (non-hydrogen) atoms. The van der Waals surface area contributed by atoms with Crippen LogP contribution in [0.5, 0.6) is 0 Å². The molecular weight excluding hydrogens is 264 g/mol. The Morgan fingerprint density at radius 3 is 2.53 bits per heavy atom. The smallest absolute Gasteiger partial charge is 0.240 e. The lowest BCUT2D eigenvalue weighted by Crippen LogP contribution is -2.33. The van der Waals surface area contributed by atoms with E-state index in [1.54, 1.807) is 12.1 Å². The minimum atomic E-state index is -3.59. The minimum absolute atomic E-state index is 0.0486. The molecule has 0 heterocycles. The van der Waals surface area contributed by atoms with Crippen LogP contribution in [0.15, 0.2) is 29.2 Å². The molecule has 2 rings (SSSR count). The number of aliphatic hydroxyl groups excluding tert-OH is 1. The summed E-state index contributed by atoms with van der Waals surface area (Å²) in [7, 11) is -3.59. The summed E-state index contributed by atoms with van der Waals surface area (Å²) in [5.74, 6) is 0.237. The Hall–Kier alpha value is -1.42. The second-order valence-corrected chi connectivity index (χ2v) is 6.50. The minimum Gasteiger partial charge on any atom is -0.391 e. The van der Waals surface area contributed by atoms with Crippen LogP contribution in [0.1, 0.15) is 18.4 Å². The molecule has 0 radical (unpaired) electrons. The predicted molar refractivity (Wildman–Crippen MR) is 69.7 cm³/mol. The van der Waals surface area contributed by atoms with Crippen molar-refractivity contribution in [2.75, 3.05) is 6.54 Å². The zero-order valence-electron chi connectivity index (χ0n) is 10.4. The van der Waals surface area contributed by atoms with Gasteiger partial charge in [0.05, 0.1) is 23.5 Å². The number of hydrogen-bond donors (Lipinski definition) is 2. The Labute approximate surface area is 112 Å². The summed E-state index contributed by atoms with van der Waals surface area (Å²) in [4.78, 5) is 0.150. The van der Waals surface area contributed by atoms with Gasteiger partial charge in [-0.25, -0.2) is 13.1 Å².